The fourth-order valence-corrected chi connectivity index (χ4v) is 5.88. The zero-order chi connectivity index (χ0) is 24.2. The smallest absolute Gasteiger partial charge is 0.410 e. The van der Waals surface area contributed by atoms with Gasteiger partial charge < -0.3 is 19.7 Å². The van der Waals surface area contributed by atoms with Gasteiger partial charge in [0, 0.05) is 38.1 Å². The highest BCUT2D eigenvalue weighted by Crippen LogP contribution is 2.44. The van der Waals surface area contributed by atoms with Crippen molar-refractivity contribution in [2.75, 3.05) is 31.5 Å². The Bertz CT molecular complexity index is 1120. The molecule has 2 fully saturated rings. The number of nitrogens with one attached hydrogen (secondary N) is 1. The van der Waals surface area contributed by atoms with E-state index in [4.69, 9.17) is 21.1 Å². The summed E-state index contributed by atoms with van der Waals surface area (Å²) in [6, 6.07) is 4.76. The Labute approximate surface area is 218 Å². The van der Waals surface area contributed by atoms with Gasteiger partial charge in [-0.3, -0.25) is 4.90 Å². The Balaban J connectivity index is 1.26. The molecule has 10 heteroatoms. The number of nitrogens with zero attached hydrogens (tertiary/aromatic N) is 4. The van der Waals surface area contributed by atoms with Crippen molar-refractivity contribution in [2.45, 2.75) is 57.8 Å². The number of halogens is 2. The van der Waals surface area contributed by atoms with Gasteiger partial charge in [-0.15, -0.1) is 0 Å². The first-order chi connectivity index (χ1) is 16.1. The maximum Gasteiger partial charge on any atom is 0.410 e. The standard InChI is InChI=1S/C24H29ClIN5O3/c1-13-19-21(25)27-12-28-22(19)29-18-8-14(7-17(26)20(18)33-13)15-9-31(10-15)16-5-6-30(11-16)23(32)34-24(2,3)4/h7-8,12-13,15-16H,5-6,9-11H2,1-4H3,(H,27,28,29)/t13?,16-/m0/s1. The fourth-order valence-electron chi connectivity index (χ4n) is 4.81. The molecule has 182 valence electrons. The zero-order valence-electron chi connectivity index (χ0n) is 19.8. The molecule has 3 aliphatic heterocycles. The summed E-state index contributed by atoms with van der Waals surface area (Å²) in [5.41, 5.74) is 2.47. The number of aromatic nitrogens is 2. The highest BCUT2D eigenvalue weighted by molar-refractivity contribution is 14.1. The van der Waals surface area contributed by atoms with E-state index in [1.54, 1.807) is 0 Å². The van der Waals surface area contributed by atoms with Gasteiger partial charge in [-0.2, -0.15) is 0 Å². The van der Waals surface area contributed by atoms with E-state index in [0.29, 0.717) is 22.9 Å². The molecule has 2 atom stereocenters. The van der Waals surface area contributed by atoms with Gasteiger partial charge >= 0.3 is 6.09 Å². The van der Waals surface area contributed by atoms with Crippen molar-refractivity contribution >= 4 is 51.8 Å². The van der Waals surface area contributed by atoms with E-state index in [1.165, 1.54) is 11.9 Å². The fraction of sp³-hybridized carbons (Fsp3) is 0.542. The predicted octanol–water partition coefficient (Wildman–Crippen LogP) is 5.34. The van der Waals surface area contributed by atoms with Gasteiger partial charge in [0.1, 0.15) is 29.0 Å². The van der Waals surface area contributed by atoms with Crippen molar-refractivity contribution < 1.29 is 14.3 Å². The number of benzene rings is 1. The number of ether oxygens (including phenoxy) is 2. The largest absolute Gasteiger partial charge is 0.482 e. The molecule has 3 aliphatic rings. The first kappa shape index (κ1) is 23.9. The Morgan fingerprint density at radius 3 is 2.76 bits per heavy atom. The molecule has 8 nitrogen and oxygen atoms in total. The van der Waals surface area contributed by atoms with Gasteiger partial charge in [0.25, 0.3) is 0 Å². The van der Waals surface area contributed by atoms with Gasteiger partial charge in [-0.05, 0) is 74.4 Å². The lowest BCUT2D eigenvalue weighted by Crippen LogP contribution is -2.52. The van der Waals surface area contributed by atoms with Crippen molar-refractivity contribution in [3.8, 4) is 5.75 Å². The number of carbonyl (C=O) groups excluding carboxylic acids is 1. The van der Waals surface area contributed by atoms with Crippen molar-refractivity contribution in [3.05, 3.63) is 38.3 Å². The topological polar surface area (TPSA) is 79.8 Å². The maximum absolute atomic E-state index is 12.4. The van der Waals surface area contributed by atoms with E-state index >= 15 is 0 Å². The Morgan fingerprint density at radius 2 is 2.03 bits per heavy atom. The van der Waals surface area contributed by atoms with Crippen molar-refractivity contribution in [2.24, 2.45) is 0 Å². The third-order valence-electron chi connectivity index (χ3n) is 6.57. The van der Waals surface area contributed by atoms with E-state index in [9.17, 15) is 4.79 Å². The van der Waals surface area contributed by atoms with E-state index in [1.807, 2.05) is 32.6 Å². The summed E-state index contributed by atoms with van der Waals surface area (Å²) in [4.78, 5) is 25.2. The second kappa shape index (κ2) is 8.98. The van der Waals surface area contributed by atoms with E-state index < -0.39 is 5.60 Å². The first-order valence-electron chi connectivity index (χ1n) is 11.6. The summed E-state index contributed by atoms with van der Waals surface area (Å²) in [5.74, 6) is 1.93. The molecule has 1 aromatic heterocycles. The molecular formula is C24H29ClIN5O3. The van der Waals surface area contributed by atoms with Crippen molar-refractivity contribution in [1.82, 2.24) is 19.8 Å². The summed E-state index contributed by atoms with van der Waals surface area (Å²) in [6.45, 7) is 11.1. The van der Waals surface area contributed by atoms with Gasteiger partial charge in [-0.1, -0.05) is 11.6 Å². The number of hydrogen-bond donors (Lipinski definition) is 1. The van der Waals surface area contributed by atoms with Gasteiger partial charge in [0.15, 0.2) is 5.75 Å². The van der Waals surface area contributed by atoms with E-state index in [0.717, 1.165) is 53.2 Å². The second-order valence-electron chi connectivity index (χ2n) is 10.2. The number of rotatable bonds is 2. The van der Waals surface area contributed by atoms with Crippen LogP contribution in [0.15, 0.2) is 18.5 Å². The average molecular weight is 598 g/mol. The van der Waals surface area contributed by atoms with Crippen LogP contribution in [-0.4, -0.2) is 63.7 Å². The quantitative estimate of drug-likeness (QED) is 0.370. The number of carbonyl (C=O) groups is 1. The molecule has 0 aliphatic carbocycles. The van der Waals surface area contributed by atoms with E-state index in [-0.39, 0.29) is 12.2 Å². The number of fused-ring (bicyclic) bond motifs is 2. The summed E-state index contributed by atoms with van der Waals surface area (Å²) < 4.78 is 12.9. The molecular weight excluding hydrogens is 569 g/mol. The van der Waals surface area contributed by atoms with Gasteiger partial charge in [0.05, 0.1) is 14.8 Å². The van der Waals surface area contributed by atoms with Crippen LogP contribution in [0.1, 0.15) is 57.3 Å². The molecule has 1 N–H and O–H groups in total. The van der Waals surface area contributed by atoms with Crippen LogP contribution >= 0.6 is 34.2 Å². The number of hydrogen-bond acceptors (Lipinski definition) is 7. The first-order valence-corrected chi connectivity index (χ1v) is 13.0. The zero-order valence-corrected chi connectivity index (χ0v) is 22.7. The molecule has 1 aromatic carbocycles. The third kappa shape index (κ3) is 4.66. The highest BCUT2D eigenvalue weighted by Gasteiger charge is 2.39. The molecule has 0 radical (unpaired) electrons. The van der Waals surface area contributed by atoms with Crippen LogP contribution in [0.3, 0.4) is 0 Å². The lowest BCUT2D eigenvalue weighted by Gasteiger charge is -2.43. The molecule has 2 aromatic rings. The van der Waals surface area contributed by atoms with Crippen LogP contribution in [0.2, 0.25) is 5.15 Å². The van der Waals surface area contributed by atoms with E-state index in [2.05, 4.69) is 54.9 Å². The monoisotopic (exact) mass is 597 g/mol. The molecule has 1 unspecified atom stereocenters. The summed E-state index contributed by atoms with van der Waals surface area (Å²) in [7, 11) is 0. The molecule has 0 bridgehead atoms. The molecule has 34 heavy (non-hydrogen) atoms. The number of anilines is 2. The predicted molar refractivity (Wildman–Crippen MR) is 139 cm³/mol. The maximum atomic E-state index is 12.4. The Hall–Kier alpha value is -1.85. The summed E-state index contributed by atoms with van der Waals surface area (Å²) >= 11 is 8.67. The minimum atomic E-state index is -0.465. The van der Waals surface area contributed by atoms with Crippen LogP contribution in [0.25, 0.3) is 0 Å². The van der Waals surface area contributed by atoms with Crippen molar-refractivity contribution in [1.29, 1.82) is 0 Å². The highest BCUT2D eigenvalue weighted by atomic mass is 127. The average Bonchev–Trinajstić information content (AvgIpc) is 3.12. The SMILES string of the molecule is CC1Oc2c(I)cc(C3CN([C@H]4CCN(C(=O)OC(C)(C)C)C4)C3)cc2Nc2ncnc(Cl)c21. The number of amides is 1. The molecule has 2 saturated heterocycles. The van der Waals surface area contributed by atoms with Crippen LogP contribution in [0.5, 0.6) is 5.75 Å². The lowest BCUT2D eigenvalue weighted by atomic mass is 9.89. The third-order valence-corrected chi connectivity index (χ3v) is 7.67. The van der Waals surface area contributed by atoms with Crippen LogP contribution < -0.4 is 10.1 Å². The summed E-state index contributed by atoms with van der Waals surface area (Å²) in [6.07, 6.45) is 1.98. The lowest BCUT2D eigenvalue weighted by molar-refractivity contribution is 0.0261. The van der Waals surface area contributed by atoms with Crippen LogP contribution in [0, 0.1) is 3.57 Å². The molecule has 1 amide bonds. The van der Waals surface area contributed by atoms with Crippen LogP contribution in [-0.2, 0) is 4.74 Å². The Morgan fingerprint density at radius 1 is 1.26 bits per heavy atom. The normalized spacial score (nSPS) is 22.7. The van der Waals surface area contributed by atoms with Crippen LogP contribution in [0.4, 0.5) is 16.3 Å². The van der Waals surface area contributed by atoms with Gasteiger partial charge in [0.2, 0.25) is 0 Å². The number of likely N-dealkylation sites (tertiary alicyclic amines) is 2. The molecule has 4 heterocycles. The second-order valence-corrected chi connectivity index (χ2v) is 11.7. The summed E-state index contributed by atoms with van der Waals surface area (Å²) in [5, 5.41) is 3.83. The molecule has 0 saturated carbocycles. The Kier molecular flexibility index (Phi) is 6.31. The minimum absolute atomic E-state index is 0.211. The molecule has 0 spiro atoms. The van der Waals surface area contributed by atoms with Crippen molar-refractivity contribution in [3.63, 3.8) is 0 Å². The molecule has 5 rings (SSSR count). The minimum Gasteiger partial charge on any atom is -0.482 e. The van der Waals surface area contributed by atoms with Gasteiger partial charge in [-0.25, -0.2) is 14.8 Å².